The second kappa shape index (κ2) is 3.93. The van der Waals surface area contributed by atoms with Crippen molar-refractivity contribution in [3.63, 3.8) is 0 Å². The molecule has 0 saturated heterocycles. The lowest BCUT2D eigenvalue weighted by Gasteiger charge is -2.04. The Morgan fingerprint density at radius 3 is 2.92 bits per heavy atom. The molecule has 1 aromatic rings. The minimum Gasteiger partial charge on any atom is -0.464 e. The van der Waals surface area contributed by atoms with Gasteiger partial charge in [-0.05, 0) is 22.0 Å². The molecule has 1 aromatic heterocycles. The van der Waals surface area contributed by atoms with Crippen molar-refractivity contribution in [3.05, 3.63) is 21.4 Å². The van der Waals surface area contributed by atoms with Crippen molar-refractivity contribution in [3.8, 4) is 0 Å². The van der Waals surface area contributed by atoms with Gasteiger partial charge in [0.25, 0.3) is 0 Å². The van der Waals surface area contributed by atoms with E-state index in [9.17, 15) is 4.79 Å². The molecule has 0 bridgehead atoms. The molecule has 13 heavy (non-hydrogen) atoms. The van der Waals surface area contributed by atoms with Crippen molar-refractivity contribution in [2.45, 2.75) is 0 Å². The largest absolute Gasteiger partial charge is 0.464 e. The molecule has 0 aliphatic rings. The molecule has 0 unspecified atom stereocenters. The summed E-state index contributed by atoms with van der Waals surface area (Å²) >= 11 is 8.82. The average Bonchev–Trinajstić information content (AvgIpc) is 2.10. The predicted molar refractivity (Wildman–Crippen MR) is 52.7 cm³/mol. The van der Waals surface area contributed by atoms with Crippen LogP contribution in [-0.2, 0) is 4.74 Å². The first kappa shape index (κ1) is 10.3. The van der Waals surface area contributed by atoms with E-state index < -0.39 is 5.97 Å². The van der Waals surface area contributed by atoms with Crippen LogP contribution in [0.25, 0.3) is 0 Å². The molecule has 0 saturated carbocycles. The zero-order valence-corrected chi connectivity index (χ0v) is 9.02. The first-order valence-electron chi connectivity index (χ1n) is 3.26. The maximum Gasteiger partial charge on any atom is 0.358 e. The average molecular weight is 265 g/mol. The first-order valence-corrected chi connectivity index (χ1v) is 4.43. The molecule has 0 aliphatic heterocycles. The summed E-state index contributed by atoms with van der Waals surface area (Å²) in [5, 5.41) is 0.107. The van der Waals surface area contributed by atoms with Gasteiger partial charge in [-0.1, -0.05) is 11.6 Å². The Morgan fingerprint density at radius 1 is 1.77 bits per heavy atom. The van der Waals surface area contributed by atoms with Crippen LogP contribution in [0.4, 0.5) is 5.69 Å². The van der Waals surface area contributed by atoms with Gasteiger partial charge in [-0.2, -0.15) is 0 Å². The van der Waals surface area contributed by atoms with Crippen molar-refractivity contribution < 1.29 is 9.53 Å². The fourth-order valence-electron chi connectivity index (χ4n) is 0.748. The Kier molecular flexibility index (Phi) is 3.11. The summed E-state index contributed by atoms with van der Waals surface area (Å²) in [6.07, 6.45) is 0. The van der Waals surface area contributed by atoms with Crippen LogP contribution in [0.1, 0.15) is 10.5 Å². The van der Waals surface area contributed by atoms with Crippen molar-refractivity contribution >= 4 is 39.2 Å². The zero-order chi connectivity index (χ0) is 10.0. The summed E-state index contributed by atoms with van der Waals surface area (Å²) in [5.41, 5.74) is 5.80. The van der Waals surface area contributed by atoms with E-state index in [1.54, 1.807) is 0 Å². The minimum absolute atomic E-state index is 0.0102. The van der Waals surface area contributed by atoms with Gasteiger partial charge in [-0.25, -0.2) is 9.78 Å². The second-order valence-electron chi connectivity index (χ2n) is 2.19. The summed E-state index contributed by atoms with van der Waals surface area (Å²) in [6, 6.07) is 1.51. The molecule has 0 aromatic carbocycles. The molecular weight excluding hydrogens is 259 g/mol. The van der Waals surface area contributed by atoms with Crippen LogP contribution in [0, 0.1) is 0 Å². The number of hydrogen-bond donors (Lipinski definition) is 1. The number of nitrogens with zero attached hydrogens (tertiary/aromatic N) is 1. The summed E-state index contributed by atoms with van der Waals surface area (Å²) in [6.45, 7) is 0. The number of anilines is 1. The van der Waals surface area contributed by atoms with Gasteiger partial charge < -0.3 is 10.5 Å². The van der Waals surface area contributed by atoms with Gasteiger partial charge in [0.05, 0.1) is 17.8 Å². The summed E-state index contributed by atoms with van der Waals surface area (Å²) in [7, 11) is 1.25. The Labute approximate surface area is 88.2 Å². The molecule has 0 aliphatic carbocycles. The number of carbonyl (C=O) groups excluding carboxylic acids is 1. The van der Waals surface area contributed by atoms with Gasteiger partial charge in [0.15, 0.2) is 5.69 Å². The van der Waals surface area contributed by atoms with Gasteiger partial charge in [0.2, 0.25) is 0 Å². The van der Waals surface area contributed by atoms with Crippen molar-refractivity contribution in [2.75, 3.05) is 12.8 Å². The minimum atomic E-state index is -0.613. The van der Waals surface area contributed by atoms with Crippen LogP contribution in [0.5, 0.6) is 0 Å². The van der Waals surface area contributed by atoms with Crippen LogP contribution in [-0.4, -0.2) is 18.1 Å². The fraction of sp³-hybridized carbons (Fsp3) is 0.143. The molecule has 0 atom stereocenters. The quantitative estimate of drug-likeness (QED) is 0.622. The zero-order valence-electron chi connectivity index (χ0n) is 6.67. The van der Waals surface area contributed by atoms with Gasteiger partial charge >= 0.3 is 5.97 Å². The van der Waals surface area contributed by atoms with Crippen LogP contribution < -0.4 is 5.73 Å². The Balaban J connectivity index is 3.28. The molecule has 0 amide bonds. The number of halogens is 2. The fourth-order valence-corrected chi connectivity index (χ4v) is 1.35. The Bertz CT molecular complexity index is 357. The van der Waals surface area contributed by atoms with Crippen molar-refractivity contribution in [2.24, 2.45) is 0 Å². The van der Waals surface area contributed by atoms with Crippen molar-refractivity contribution in [1.29, 1.82) is 0 Å². The number of rotatable bonds is 1. The van der Waals surface area contributed by atoms with Gasteiger partial charge in [-0.15, -0.1) is 0 Å². The number of nitrogen functional groups attached to an aromatic ring is 1. The number of nitrogens with two attached hydrogens (primary N) is 1. The maximum absolute atomic E-state index is 11.1. The molecule has 0 fully saturated rings. The third-order valence-corrected chi connectivity index (χ3v) is 2.14. The van der Waals surface area contributed by atoms with E-state index >= 15 is 0 Å². The number of ether oxygens (including phenoxy) is 1. The van der Waals surface area contributed by atoms with Crippen LogP contribution in [0.2, 0.25) is 5.02 Å². The van der Waals surface area contributed by atoms with Crippen LogP contribution >= 0.6 is 27.5 Å². The van der Waals surface area contributed by atoms with E-state index in [0.29, 0.717) is 4.60 Å². The SMILES string of the molecule is COC(=O)c1nc(Br)cc(N)c1Cl. The van der Waals surface area contributed by atoms with E-state index in [1.165, 1.54) is 13.2 Å². The van der Waals surface area contributed by atoms with Gasteiger partial charge in [0, 0.05) is 0 Å². The highest BCUT2D eigenvalue weighted by Gasteiger charge is 2.15. The summed E-state index contributed by atoms with van der Waals surface area (Å²) in [5.74, 6) is -0.613. The number of carbonyl (C=O) groups is 1. The molecule has 2 N–H and O–H groups in total. The lowest BCUT2D eigenvalue weighted by Crippen LogP contribution is -2.07. The Morgan fingerprint density at radius 2 is 2.38 bits per heavy atom. The molecule has 0 spiro atoms. The number of pyridine rings is 1. The smallest absolute Gasteiger partial charge is 0.358 e. The predicted octanol–water partition coefficient (Wildman–Crippen LogP) is 1.87. The molecule has 70 valence electrons. The number of methoxy groups -OCH3 is 1. The second-order valence-corrected chi connectivity index (χ2v) is 3.38. The van der Waals surface area contributed by atoms with E-state index in [4.69, 9.17) is 17.3 Å². The Hall–Kier alpha value is -0.810. The summed E-state index contributed by atoms with van der Waals surface area (Å²) < 4.78 is 4.90. The van der Waals surface area contributed by atoms with E-state index in [0.717, 1.165) is 0 Å². The maximum atomic E-state index is 11.1. The lowest BCUT2D eigenvalue weighted by molar-refractivity contribution is 0.0594. The van der Waals surface area contributed by atoms with Crippen LogP contribution in [0.15, 0.2) is 10.7 Å². The van der Waals surface area contributed by atoms with Gasteiger partial charge in [0.1, 0.15) is 4.60 Å². The molecular formula is C7H6BrClN2O2. The highest BCUT2D eigenvalue weighted by molar-refractivity contribution is 9.10. The molecule has 1 rings (SSSR count). The molecule has 6 heteroatoms. The van der Waals surface area contributed by atoms with E-state index in [-0.39, 0.29) is 16.4 Å². The normalized spacial score (nSPS) is 9.77. The lowest BCUT2D eigenvalue weighted by atomic mass is 10.3. The number of hydrogen-bond acceptors (Lipinski definition) is 4. The topological polar surface area (TPSA) is 65.2 Å². The standard InChI is InChI=1S/C7H6BrClN2O2/c1-13-7(12)6-5(9)3(10)2-4(8)11-6/h2H,1H3,(H2,10,11). The van der Waals surface area contributed by atoms with Crippen molar-refractivity contribution in [1.82, 2.24) is 4.98 Å². The van der Waals surface area contributed by atoms with E-state index in [1.807, 2.05) is 0 Å². The molecule has 4 nitrogen and oxygen atoms in total. The summed E-state index contributed by atoms with van der Waals surface area (Å²) in [4.78, 5) is 14.9. The van der Waals surface area contributed by atoms with Crippen LogP contribution in [0.3, 0.4) is 0 Å². The highest BCUT2D eigenvalue weighted by Crippen LogP contribution is 2.25. The monoisotopic (exact) mass is 264 g/mol. The third-order valence-electron chi connectivity index (χ3n) is 1.33. The van der Waals surface area contributed by atoms with E-state index in [2.05, 4.69) is 25.7 Å². The molecule has 0 radical (unpaired) electrons. The third kappa shape index (κ3) is 2.10. The molecule has 1 heterocycles. The number of esters is 1. The first-order chi connectivity index (χ1) is 6.06. The highest BCUT2D eigenvalue weighted by atomic mass is 79.9. The van der Waals surface area contributed by atoms with Gasteiger partial charge in [-0.3, -0.25) is 0 Å². The number of aromatic nitrogens is 1.